The maximum absolute atomic E-state index is 11.1. The maximum atomic E-state index is 11.1. The molecule has 1 aromatic rings. The van der Waals surface area contributed by atoms with E-state index in [2.05, 4.69) is 5.32 Å². The Kier molecular flexibility index (Phi) is 4.23. The van der Waals surface area contributed by atoms with Crippen LogP contribution in [0.3, 0.4) is 0 Å². The fraction of sp³-hybridized carbons (Fsp3) is 0.385. The van der Waals surface area contributed by atoms with E-state index in [1.807, 2.05) is 31.2 Å². The Morgan fingerprint density at radius 1 is 1.19 bits per heavy atom. The highest BCUT2D eigenvalue weighted by molar-refractivity contribution is 5.78. The first-order valence-corrected chi connectivity index (χ1v) is 5.32. The third kappa shape index (κ3) is 3.85. The van der Waals surface area contributed by atoms with Crippen molar-refractivity contribution in [3.8, 4) is 0 Å². The van der Waals surface area contributed by atoms with Crippen molar-refractivity contribution >= 4 is 11.7 Å². The third-order valence-corrected chi connectivity index (χ3v) is 2.35. The lowest BCUT2D eigenvalue weighted by Crippen LogP contribution is -2.27. The molecule has 16 heavy (non-hydrogen) atoms. The minimum absolute atomic E-state index is 0.0688. The van der Waals surface area contributed by atoms with Crippen LogP contribution >= 0.6 is 0 Å². The molecule has 86 valence electrons. The molecule has 0 aliphatic rings. The molecule has 0 bridgehead atoms. The van der Waals surface area contributed by atoms with Gasteiger partial charge in [0.1, 0.15) is 5.78 Å². The topological polar surface area (TPSA) is 46.2 Å². The average molecular weight is 219 g/mol. The van der Waals surface area contributed by atoms with Crippen LogP contribution in [0.2, 0.25) is 0 Å². The SMILES string of the molecule is CC(=O)CC(NC(C)=O)c1ccc(C)cc1. The van der Waals surface area contributed by atoms with Crippen LogP contribution in [0.1, 0.15) is 37.4 Å². The van der Waals surface area contributed by atoms with Gasteiger partial charge in [0.05, 0.1) is 6.04 Å². The molecule has 1 rings (SSSR count). The summed E-state index contributed by atoms with van der Waals surface area (Å²) in [6, 6.07) is 7.63. The summed E-state index contributed by atoms with van der Waals surface area (Å²) < 4.78 is 0. The molecule has 0 radical (unpaired) electrons. The Morgan fingerprint density at radius 3 is 2.19 bits per heavy atom. The molecule has 3 nitrogen and oxygen atoms in total. The highest BCUT2D eigenvalue weighted by atomic mass is 16.1. The fourth-order valence-corrected chi connectivity index (χ4v) is 1.58. The summed E-state index contributed by atoms with van der Waals surface area (Å²) in [6.07, 6.45) is 0.336. The van der Waals surface area contributed by atoms with E-state index in [9.17, 15) is 9.59 Å². The molecule has 1 N–H and O–H groups in total. The molecule has 0 heterocycles. The number of carbonyl (C=O) groups excluding carboxylic acids is 2. The van der Waals surface area contributed by atoms with Crippen LogP contribution in [0.4, 0.5) is 0 Å². The monoisotopic (exact) mass is 219 g/mol. The van der Waals surface area contributed by atoms with E-state index < -0.39 is 0 Å². The molecule has 3 heteroatoms. The minimum Gasteiger partial charge on any atom is -0.349 e. The number of hydrogen-bond acceptors (Lipinski definition) is 2. The highest BCUT2D eigenvalue weighted by Crippen LogP contribution is 2.17. The summed E-state index contributed by atoms with van der Waals surface area (Å²) in [7, 11) is 0. The molecule has 1 amide bonds. The average Bonchev–Trinajstić information content (AvgIpc) is 2.16. The zero-order chi connectivity index (χ0) is 12.1. The van der Waals surface area contributed by atoms with Crippen LogP contribution in [0.25, 0.3) is 0 Å². The number of aryl methyl sites for hydroxylation is 1. The summed E-state index contributed by atoms with van der Waals surface area (Å²) in [5, 5.41) is 2.79. The molecule has 0 saturated carbocycles. The van der Waals surface area contributed by atoms with Crippen molar-refractivity contribution in [1.82, 2.24) is 5.32 Å². The number of benzene rings is 1. The molecule has 0 saturated heterocycles. The lowest BCUT2D eigenvalue weighted by atomic mass is 10.0. The zero-order valence-electron chi connectivity index (χ0n) is 9.91. The van der Waals surface area contributed by atoms with Gasteiger partial charge in [-0.3, -0.25) is 9.59 Å². The first-order valence-electron chi connectivity index (χ1n) is 5.32. The molecule has 0 spiro atoms. The lowest BCUT2D eigenvalue weighted by molar-refractivity contribution is -0.120. The smallest absolute Gasteiger partial charge is 0.217 e. The van der Waals surface area contributed by atoms with E-state index in [1.165, 1.54) is 13.8 Å². The summed E-state index contributed by atoms with van der Waals surface area (Å²) in [4.78, 5) is 22.2. The molecule has 1 atom stereocenters. The van der Waals surface area contributed by atoms with Gasteiger partial charge in [0.2, 0.25) is 5.91 Å². The molecular formula is C13H17NO2. The number of amides is 1. The molecule has 0 aliphatic carbocycles. The molecule has 1 unspecified atom stereocenters. The van der Waals surface area contributed by atoms with Crippen LogP contribution in [-0.2, 0) is 9.59 Å². The van der Waals surface area contributed by atoms with Gasteiger partial charge in [-0.05, 0) is 19.4 Å². The van der Waals surface area contributed by atoms with Crippen LogP contribution in [-0.4, -0.2) is 11.7 Å². The van der Waals surface area contributed by atoms with E-state index in [0.717, 1.165) is 11.1 Å². The predicted octanol–water partition coefficient (Wildman–Crippen LogP) is 2.15. The molecular weight excluding hydrogens is 202 g/mol. The van der Waals surface area contributed by atoms with Gasteiger partial charge >= 0.3 is 0 Å². The third-order valence-electron chi connectivity index (χ3n) is 2.35. The summed E-state index contributed by atoms with van der Waals surface area (Å²) in [5.41, 5.74) is 2.13. The summed E-state index contributed by atoms with van der Waals surface area (Å²) in [6.45, 7) is 4.99. The first-order chi connectivity index (χ1) is 7.49. The second-order valence-electron chi connectivity index (χ2n) is 4.07. The highest BCUT2D eigenvalue weighted by Gasteiger charge is 2.14. The van der Waals surface area contributed by atoms with Crippen LogP contribution in [0.5, 0.6) is 0 Å². The minimum atomic E-state index is -0.212. The van der Waals surface area contributed by atoms with E-state index in [1.54, 1.807) is 0 Å². The van der Waals surface area contributed by atoms with Crippen molar-refractivity contribution in [3.63, 3.8) is 0 Å². The quantitative estimate of drug-likeness (QED) is 0.843. The Morgan fingerprint density at radius 2 is 1.75 bits per heavy atom. The van der Waals surface area contributed by atoms with Crippen molar-refractivity contribution in [1.29, 1.82) is 0 Å². The van der Waals surface area contributed by atoms with E-state index in [-0.39, 0.29) is 17.7 Å². The van der Waals surface area contributed by atoms with Crippen molar-refractivity contribution in [2.75, 3.05) is 0 Å². The van der Waals surface area contributed by atoms with Gasteiger partial charge in [-0.2, -0.15) is 0 Å². The first kappa shape index (κ1) is 12.4. The van der Waals surface area contributed by atoms with Crippen molar-refractivity contribution in [3.05, 3.63) is 35.4 Å². The second kappa shape index (κ2) is 5.45. The molecule has 1 aromatic carbocycles. The number of Topliss-reactive ketones (excluding diaryl/α,β-unsaturated/α-hetero) is 1. The van der Waals surface area contributed by atoms with Gasteiger partial charge in [0, 0.05) is 13.3 Å². The van der Waals surface area contributed by atoms with Gasteiger partial charge < -0.3 is 5.32 Å². The van der Waals surface area contributed by atoms with Crippen LogP contribution < -0.4 is 5.32 Å². The number of nitrogens with one attached hydrogen (secondary N) is 1. The van der Waals surface area contributed by atoms with Gasteiger partial charge in [-0.25, -0.2) is 0 Å². The number of rotatable bonds is 4. The molecule has 0 aliphatic heterocycles. The van der Waals surface area contributed by atoms with Crippen molar-refractivity contribution in [2.45, 2.75) is 33.2 Å². The summed E-state index contributed by atoms with van der Waals surface area (Å²) in [5.74, 6) is -0.0499. The van der Waals surface area contributed by atoms with Gasteiger partial charge in [0.25, 0.3) is 0 Å². The van der Waals surface area contributed by atoms with Crippen molar-refractivity contribution in [2.24, 2.45) is 0 Å². The normalized spacial score (nSPS) is 11.9. The Balaban J connectivity index is 2.86. The Labute approximate surface area is 95.9 Å². The molecule has 0 fully saturated rings. The summed E-state index contributed by atoms with van der Waals surface area (Å²) >= 11 is 0. The Bertz CT molecular complexity index is 365. The standard InChI is InChI=1S/C13H17NO2/c1-9-4-6-12(7-5-9)13(8-10(2)15)14-11(3)16/h4-7,13H,8H2,1-3H3,(H,14,16). The Hall–Kier alpha value is -1.64. The number of hydrogen-bond donors (Lipinski definition) is 1. The van der Waals surface area contributed by atoms with Gasteiger partial charge in [-0.1, -0.05) is 29.8 Å². The van der Waals surface area contributed by atoms with Gasteiger partial charge in [0.15, 0.2) is 0 Å². The lowest BCUT2D eigenvalue weighted by Gasteiger charge is -2.17. The largest absolute Gasteiger partial charge is 0.349 e. The predicted molar refractivity (Wildman–Crippen MR) is 63.0 cm³/mol. The fourth-order valence-electron chi connectivity index (χ4n) is 1.58. The number of carbonyl (C=O) groups is 2. The second-order valence-corrected chi connectivity index (χ2v) is 4.07. The van der Waals surface area contributed by atoms with E-state index in [4.69, 9.17) is 0 Å². The maximum Gasteiger partial charge on any atom is 0.217 e. The van der Waals surface area contributed by atoms with Crippen LogP contribution in [0, 0.1) is 6.92 Å². The van der Waals surface area contributed by atoms with E-state index in [0.29, 0.717) is 6.42 Å². The van der Waals surface area contributed by atoms with E-state index >= 15 is 0 Å². The molecule has 0 aromatic heterocycles. The van der Waals surface area contributed by atoms with Crippen molar-refractivity contribution < 1.29 is 9.59 Å². The van der Waals surface area contributed by atoms with Gasteiger partial charge in [-0.15, -0.1) is 0 Å². The zero-order valence-corrected chi connectivity index (χ0v) is 9.91. The van der Waals surface area contributed by atoms with Crippen LogP contribution in [0.15, 0.2) is 24.3 Å². The number of ketones is 1.